The minimum Gasteiger partial charge on any atom is -0.356 e. The highest BCUT2D eigenvalue weighted by atomic mass is 32.1. The van der Waals surface area contributed by atoms with E-state index in [1.54, 1.807) is 0 Å². The molecule has 1 aromatic rings. The van der Waals surface area contributed by atoms with Gasteiger partial charge in [-0.15, -0.1) is 11.3 Å². The zero-order valence-electron chi connectivity index (χ0n) is 18.0. The number of nitrogens with one attached hydrogen (secondary N) is 2. The van der Waals surface area contributed by atoms with E-state index in [-0.39, 0.29) is 0 Å². The van der Waals surface area contributed by atoms with E-state index in [1.807, 2.05) is 18.4 Å². The highest BCUT2D eigenvalue weighted by Crippen LogP contribution is 2.36. The fourth-order valence-electron chi connectivity index (χ4n) is 4.83. The summed E-state index contributed by atoms with van der Waals surface area (Å²) in [5.74, 6) is 2.44. The molecule has 0 spiro atoms. The smallest absolute Gasteiger partial charge is 0.190 e. The molecule has 3 atom stereocenters. The zero-order valence-corrected chi connectivity index (χ0v) is 18.8. The predicted octanol–water partition coefficient (Wildman–Crippen LogP) is 3.42. The molecular formula is C22H39N5S. The Labute approximate surface area is 175 Å². The Bertz CT molecular complexity index is 588. The molecular weight excluding hydrogens is 366 g/mol. The molecule has 3 heterocycles. The molecule has 2 fully saturated rings. The summed E-state index contributed by atoms with van der Waals surface area (Å²) in [6, 6.07) is 5.00. The number of piperidine rings is 2. The maximum absolute atomic E-state index is 4.45. The fraction of sp³-hybridized carbons (Fsp3) is 0.773. The van der Waals surface area contributed by atoms with Gasteiger partial charge in [0.2, 0.25) is 0 Å². The molecule has 0 saturated carbocycles. The van der Waals surface area contributed by atoms with Crippen molar-refractivity contribution in [2.75, 3.05) is 53.4 Å². The first-order valence-electron chi connectivity index (χ1n) is 11.1. The molecule has 0 aliphatic carbocycles. The average molecular weight is 406 g/mol. The van der Waals surface area contributed by atoms with Gasteiger partial charge < -0.3 is 15.5 Å². The summed E-state index contributed by atoms with van der Waals surface area (Å²) in [6.07, 6.45) is 6.50. The summed E-state index contributed by atoms with van der Waals surface area (Å²) in [7, 11) is 4.15. The van der Waals surface area contributed by atoms with E-state index < -0.39 is 0 Å². The number of rotatable bonds is 7. The lowest BCUT2D eigenvalue weighted by Crippen LogP contribution is -2.45. The molecule has 2 N–H and O–H groups in total. The topological polar surface area (TPSA) is 42.9 Å². The number of nitrogens with zero attached hydrogens (tertiary/aromatic N) is 3. The average Bonchev–Trinajstić information content (AvgIpc) is 3.22. The number of hydrogen-bond donors (Lipinski definition) is 2. The van der Waals surface area contributed by atoms with Crippen LogP contribution in [0.15, 0.2) is 22.5 Å². The SMILES string of the molecule is CN=C(NCCCN1CCCC(C)C1)NCC1CCCN(C)C1c1cccs1. The van der Waals surface area contributed by atoms with Crippen molar-refractivity contribution in [2.45, 2.75) is 45.1 Å². The summed E-state index contributed by atoms with van der Waals surface area (Å²) in [4.78, 5) is 11.1. The largest absolute Gasteiger partial charge is 0.356 e. The van der Waals surface area contributed by atoms with Crippen molar-refractivity contribution in [3.8, 4) is 0 Å². The quantitative estimate of drug-likeness (QED) is 0.414. The molecule has 6 heteroatoms. The van der Waals surface area contributed by atoms with Gasteiger partial charge in [-0.3, -0.25) is 9.89 Å². The highest BCUT2D eigenvalue weighted by molar-refractivity contribution is 7.10. The molecule has 0 aromatic carbocycles. The summed E-state index contributed by atoms with van der Waals surface area (Å²) in [6.45, 7) is 9.29. The third-order valence-corrected chi connectivity index (χ3v) is 7.22. The van der Waals surface area contributed by atoms with Crippen molar-refractivity contribution >= 4 is 17.3 Å². The molecule has 2 aliphatic rings. The van der Waals surface area contributed by atoms with Crippen LogP contribution in [0.2, 0.25) is 0 Å². The Hall–Kier alpha value is -1.11. The van der Waals surface area contributed by atoms with E-state index in [2.05, 4.69) is 56.9 Å². The van der Waals surface area contributed by atoms with Crippen molar-refractivity contribution in [3.63, 3.8) is 0 Å². The van der Waals surface area contributed by atoms with Gasteiger partial charge in [-0.2, -0.15) is 0 Å². The molecule has 0 bridgehead atoms. The van der Waals surface area contributed by atoms with E-state index in [0.717, 1.165) is 25.0 Å². The molecule has 2 saturated heterocycles. The molecule has 3 rings (SSSR count). The van der Waals surface area contributed by atoms with Crippen LogP contribution in [0.5, 0.6) is 0 Å². The standard InChI is InChI=1S/C22H39N5S/c1-18-8-4-13-27(17-18)14-7-11-24-22(23-2)25-16-19-9-5-12-26(3)21(19)20-10-6-15-28-20/h6,10,15,18-19,21H,4-5,7-9,11-14,16-17H2,1-3H3,(H2,23,24,25). The maximum Gasteiger partial charge on any atom is 0.190 e. The maximum atomic E-state index is 4.45. The van der Waals surface area contributed by atoms with Gasteiger partial charge >= 0.3 is 0 Å². The van der Waals surface area contributed by atoms with Crippen LogP contribution >= 0.6 is 11.3 Å². The summed E-state index contributed by atoms with van der Waals surface area (Å²) < 4.78 is 0. The second-order valence-corrected chi connectivity index (χ2v) is 9.60. The van der Waals surface area contributed by atoms with Crippen LogP contribution < -0.4 is 10.6 Å². The minimum absolute atomic E-state index is 0.528. The number of guanidine groups is 1. The molecule has 5 nitrogen and oxygen atoms in total. The van der Waals surface area contributed by atoms with Gasteiger partial charge in [0, 0.05) is 37.6 Å². The van der Waals surface area contributed by atoms with Crippen LogP contribution in [-0.4, -0.2) is 69.1 Å². The fourth-order valence-corrected chi connectivity index (χ4v) is 5.81. The lowest BCUT2D eigenvalue weighted by Gasteiger charge is -2.39. The van der Waals surface area contributed by atoms with Crippen LogP contribution in [-0.2, 0) is 0 Å². The van der Waals surface area contributed by atoms with E-state index >= 15 is 0 Å². The van der Waals surface area contributed by atoms with Gasteiger partial charge in [-0.25, -0.2) is 0 Å². The first-order valence-corrected chi connectivity index (χ1v) is 12.0. The van der Waals surface area contributed by atoms with Crippen LogP contribution in [0.1, 0.15) is 49.9 Å². The normalized spacial score (nSPS) is 27.7. The molecule has 158 valence electrons. The highest BCUT2D eigenvalue weighted by Gasteiger charge is 2.31. The zero-order chi connectivity index (χ0) is 19.8. The van der Waals surface area contributed by atoms with Gasteiger partial charge in [0.15, 0.2) is 5.96 Å². The molecule has 2 aliphatic heterocycles. The molecule has 0 radical (unpaired) electrons. The number of aliphatic imine (C=N–C) groups is 1. The van der Waals surface area contributed by atoms with Crippen molar-refractivity contribution in [1.29, 1.82) is 0 Å². The van der Waals surface area contributed by atoms with Crippen molar-refractivity contribution in [2.24, 2.45) is 16.8 Å². The summed E-state index contributed by atoms with van der Waals surface area (Å²) >= 11 is 1.89. The van der Waals surface area contributed by atoms with Crippen molar-refractivity contribution in [1.82, 2.24) is 20.4 Å². The first kappa shape index (κ1) is 21.6. The third-order valence-electron chi connectivity index (χ3n) is 6.28. The number of hydrogen-bond acceptors (Lipinski definition) is 4. The van der Waals surface area contributed by atoms with Gasteiger partial charge in [0.25, 0.3) is 0 Å². The second-order valence-electron chi connectivity index (χ2n) is 8.62. The van der Waals surface area contributed by atoms with E-state index in [9.17, 15) is 0 Å². The molecule has 1 aromatic heterocycles. The lowest BCUT2D eigenvalue weighted by atomic mass is 9.88. The first-order chi connectivity index (χ1) is 13.7. The van der Waals surface area contributed by atoms with Gasteiger partial charge in [0.1, 0.15) is 0 Å². The second kappa shape index (κ2) is 11.2. The molecule has 28 heavy (non-hydrogen) atoms. The van der Waals surface area contributed by atoms with Gasteiger partial charge in [0.05, 0.1) is 0 Å². The monoisotopic (exact) mass is 405 g/mol. The van der Waals surface area contributed by atoms with Crippen molar-refractivity contribution < 1.29 is 0 Å². The van der Waals surface area contributed by atoms with Crippen LogP contribution in [0.25, 0.3) is 0 Å². The Balaban J connectivity index is 1.40. The summed E-state index contributed by atoms with van der Waals surface area (Å²) in [5, 5.41) is 9.32. The van der Waals surface area contributed by atoms with Gasteiger partial charge in [-0.05, 0) is 82.1 Å². The van der Waals surface area contributed by atoms with E-state index in [0.29, 0.717) is 12.0 Å². The third kappa shape index (κ3) is 6.19. The Morgan fingerprint density at radius 3 is 2.86 bits per heavy atom. The minimum atomic E-state index is 0.528. The number of thiophene rings is 1. The lowest BCUT2D eigenvalue weighted by molar-refractivity contribution is 0.125. The van der Waals surface area contributed by atoms with E-state index in [4.69, 9.17) is 0 Å². The summed E-state index contributed by atoms with van der Waals surface area (Å²) in [5.41, 5.74) is 0. The number of likely N-dealkylation sites (tertiary alicyclic amines) is 2. The Kier molecular flexibility index (Phi) is 8.62. The Morgan fingerprint density at radius 2 is 2.11 bits per heavy atom. The van der Waals surface area contributed by atoms with Crippen LogP contribution in [0.3, 0.4) is 0 Å². The molecule has 3 unspecified atom stereocenters. The van der Waals surface area contributed by atoms with Gasteiger partial charge in [-0.1, -0.05) is 13.0 Å². The Morgan fingerprint density at radius 1 is 1.25 bits per heavy atom. The van der Waals surface area contributed by atoms with E-state index in [1.165, 1.54) is 63.2 Å². The molecule has 0 amide bonds. The predicted molar refractivity (Wildman–Crippen MR) is 121 cm³/mol. The van der Waals surface area contributed by atoms with Crippen molar-refractivity contribution in [3.05, 3.63) is 22.4 Å². The van der Waals surface area contributed by atoms with Crippen LogP contribution in [0.4, 0.5) is 0 Å². The van der Waals surface area contributed by atoms with Crippen LogP contribution in [0, 0.1) is 11.8 Å².